The van der Waals surface area contributed by atoms with Crippen LogP contribution in [0.2, 0.25) is 0 Å². The van der Waals surface area contributed by atoms with E-state index in [9.17, 15) is 9.59 Å². The number of rotatable bonds is 5. The lowest BCUT2D eigenvalue weighted by atomic mass is 10.2. The lowest BCUT2D eigenvalue weighted by Gasteiger charge is -2.29. The Balaban J connectivity index is 1.94. The summed E-state index contributed by atoms with van der Waals surface area (Å²) in [6, 6.07) is 1.56. The highest BCUT2D eigenvalue weighted by Gasteiger charge is 2.35. The van der Waals surface area contributed by atoms with Crippen molar-refractivity contribution in [2.45, 2.75) is 39.3 Å². The summed E-state index contributed by atoms with van der Waals surface area (Å²) < 4.78 is 0. The van der Waals surface area contributed by atoms with Crippen LogP contribution in [-0.4, -0.2) is 47.4 Å². The molecule has 1 fully saturated rings. The summed E-state index contributed by atoms with van der Waals surface area (Å²) in [4.78, 5) is 28.3. The van der Waals surface area contributed by atoms with Crippen LogP contribution in [0.1, 0.15) is 32.3 Å². The van der Waals surface area contributed by atoms with E-state index >= 15 is 0 Å². The van der Waals surface area contributed by atoms with E-state index in [4.69, 9.17) is 0 Å². The maximum absolute atomic E-state index is 12.5. The summed E-state index contributed by atoms with van der Waals surface area (Å²) in [5.74, 6) is 0.0724. The molecule has 0 aromatic carbocycles. The van der Waals surface area contributed by atoms with Gasteiger partial charge in [-0.2, -0.15) is 11.3 Å². The quantitative estimate of drug-likeness (QED) is 0.907. The van der Waals surface area contributed by atoms with Crippen molar-refractivity contribution in [2.24, 2.45) is 0 Å². The molecule has 0 unspecified atom stereocenters. The van der Waals surface area contributed by atoms with Gasteiger partial charge in [0.15, 0.2) is 0 Å². The van der Waals surface area contributed by atoms with Crippen LogP contribution >= 0.6 is 11.3 Å². The molecular formula is C15H23N3O2S. The Morgan fingerprint density at radius 2 is 2.19 bits per heavy atom. The normalized spacial score (nSPS) is 17.8. The summed E-state index contributed by atoms with van der Waals surface area (Å²) in [5.41, 5.74) is 1.10. The van der Waals surface area contributed by atoms with Crippen molar-refractivity contribution in [1.29, 1.82) is 0 Å². The van der Waals surface area contributed by atoms with Gasteiger partial charge in [-0.1, -0.05) is 0 Å². The largest absolute Gasteiger partial charge is 0.341 e. The third kappa shape index (κ3) is 3.75. The first kappa shape index (κ1) is 15.8. The fourth-order valence-corrected chi connectivity index (χ4v) is 3.35. The van der Waals surface area contributed by atoms with Crippen LogP contribution in [0.4, 0.5) is 4.79 Å². The Morgan fingerprint density at radius 3 is 2.81 bits per heavy atom. The molecule has 5 nitrogen and oxygen atoms in total. The van der Waals surface area contributed by atoms with Gasteiger partial charge in [-0.3, -0.25) is 4.79 Å². The number of likely N-dealkylation sites (tertiary alicyclic amines) is 1. The van der Waals surface area contributed by atoms with Gasteiger partial charge in [0.25, 0.3) is 0 Å². The zero-order chi connectivity index (χ0) is 15.2. The molecule has 0 aliphatic carbocycles. The van der Waals surface area contributed by atoms with E-state index in [1.807, 2.05) is 30.7 Å². The molecule has 1 aromatic rings. The van der Waals surface area contributed by atoms with Gasteiger partial charge in [0, 0.05) is 26.2 Å². The van der Waals surface area contributed by atoms with Crippen molar-refractivity contribution in [3.8, 4) is 0 Å². The molecule has 2 heterocycles. The predicted molar refractivity (Wildman–Crippen MR) is 84.2 cm³/mol. The highest BCUT2D eigenvalue weighted by molar-refractivity contribution is 7.07. The molecule has 2 rings (SSSR count). The van der Waals surface area contributed by atoms with Crippen molar-refractivity contribution >= 4 is 23.3 Å². The molecule has 1 aliphatic rings. The van der Waals surface area contributed by atoms with Crippen molar-refractivity contribution in [3.63, 3.8) is 0 Å². The van der Waals surface area contributed by atoms with Crippen LogP contribution in [0.15, 0.2) is 16.8 Å². The minimum atomic E-state index is -0.299. The molecule has 21 heavy (non-hydrogen) atoms. The fourth-order valence-electron chi connectivity index (χ4n) is 2.69. The van der Waals surface area contributed by atoms with Crippen LogP contribution < -0.4 is 5.32 Å². The second-order valence-corrected chi connectivity index (χ2v) is 5.93. The molecule has 0 radical (unpaired) electrons. The monoisotopic (exact) mass is 309 g/mol. The molecule has 1 aromatic heterocycles. The summed E-state index contributed by atoms with van der Waals surface area (Å²) in [7, 11) is 0. The topological polar surface area (TPSA) is 52.7 Å². The van der Waals surface area contributed by atoms with Gasteiger partial charge in [-0.15, -0.1) is 0 Å². The van der Waals surface area contributed by atoms with E-state index in [2.05, 4.69) is 5.32 Å². The fraction of sp³-hybridized carbons (Fsp3) is 0.600. The van der Waals surface area contributed by atoms with Crippen LogP contribution in [0, 0.1) is 0 Å². The van der Waals surface area contributed by atoms with E-state index in [-0.39, 0.29) is 18.0 Å². The SMILES string of the molecule is CCN(CC)C(=O)[C@@H]1CCCN1C(=O)NCc1ccsc1. The molecular weight excluding hydrogens is 286 g/mol. The molecule has 0 bridgehead atoms. The van der Waals surface area contributed by atoms with Crippen molar-refractivity contribution < 1.29 is 9.59 Å². The first-order valence-corrected chi connectivity index (χ1v) is 8.46. The maximum Gasteiger partial charge on any atom is 0.318 e. The van der Waals surface area contributed by atoms with Crippen molar-refractivity contribution in [3.05, 3.63) is 22.4 Å². The molecule has 1 atom stereocenters. The Morgan fingerprint density at radius 1 is 1.43 bits per heavy atom. The van der Waals surface area contributed by atoms with Gasteiger partial charge in [0.1, 0.15) is 6.04 Å². The van der Waals surface area contributed by atoms with Gasteiger partial charge in [0.2, 0.25) is 5.91 Å². The van der Waals surface area contributed by atoms with Crippen molar-refractivity contribution in [1.82, 2.24) is 15.1 Å². The smallest absolute Gasteiger partial charge is 0.318 e. The lowest BCUT2D eigenvalue weighted by Crippen LogP contribution is -2.50. The average molecular weight is 309 g/mol. The average Bonchev–Trinajstić information content (AvgIpc) is 3.17. The number of nitrogens with one attached hydrogen (secondary N) is 1. The molecule has 0 saturated carbocycles. The summed E-state index contributed by atoms with van der Waals surface area (Å²) >= 11 is 1.61. The van der Waals surface area contributed by atoms with Crippen LogP contribution in [0.5, 0.6) is 0 Å². The standard InChI is InChI=1S/C15H23N3O2S/c1-3-17(4-2)14(19)13-6-5-8-18(13)15(20)16-10-12-7-9-21-11-12/h7,9,11,13H,3-6,8,10H2,1-2H3,(H,16,20)/t13-/m0/s1. The third-order valence-electron chi connectivity index (χ3n) is 3.90. The number of carbonyl (C=O) groups is 2. The van der Waals surface area contributed by atoms with E-state index in [1.54, 1.807) is 21.1 Å². The minimum Gasteiger partial charge on any atom is -0.341 e. The van der Waals surface area contributed by atoms with Crippen LogP contribution in [0.3, 0.4) is 0 Å². The van der Waals surface area contributed by atoms with E-state index in [0.717, 1.165) is 18.4 Å². The number of likely N-dealkylation sites (N-methyl/N-ethyl adjacent to an activating group) is 1. The Bertz CT molecular complexity index is 471. The Hall–Kier alpha value is -1.56. The van der Waals surface area contributed by atoms with Crippen LogP contribution in [-0.2, 0) is 11.3 Å². The Kier molecular flexibility index (Phi) is 5.61. The van der Waals surface area contributed by atoms with E-state index < -0.39 is 0 Å². The van der Waals surface area contributed by atoms with Gasteiger partial charge in [-0.05, 0) is 49.1 Å². The predicted octanol–water partition coefficient (Wildman–Crippen LogP) is 2.29. The van der Waals surface area contributed by atoms with Gasteiger partial charge in [-0.25, -0.2) is 4.79 Å². The zero-order valence-corrected chi connectivity index (χ0v) is 13.5. The number of nitrogens with zero attached hydrogens (tertiary/aromatic N) is 2. The third-order valence-corrected chi connectivity index (χ3v) is 4.63. The summed E-state index contributed by atoms with van der Waals surface area (Å²) in [6.45, 7) is 6.50. The number of thiophene rings is 1. The first-order valence-electron chi connectivity index (χ1n) is 7.51. The number of hydrogen-bond donors (Lipinski definition) is 1. The minimum absolute atomic E-state index is 0.0724. The van der Waals surface area contributed by atoms with E-state index in [1.165, 1.54) is 0 Å². The second-order valence-electron chi connectivity index (χ2n) is 5.15. The highest BCUT2D eigenvalue weighted by atomic mass is 32.1. The summed E-state index contributed by atoms with van der Waals surface area (Å²) in [5, 5.41) is 6.92. The Labute approximate surface area is 129 Å². The molecule has 3 amide bonds. The number of amides is 3. The van der Waals surface area contributed by atoms with Gasteiger partial charge >= 0.3 is 6.03 Å². The number of urea groups is 1. The lowest BCUT2D eigenvalue weighted by molar-refractivity contribution is -0.134. The second kappa shape index (κ2) is 7.45. The van der Waals surface area contributed by atoms with Gasteiger partial charge < -0.3 is 15.1 Å². The maximum atomic E-state index is 12.5. The van der Waals surface area contributed by atoms with Gasteiger partial charge in [0.05, 0.1) is 0 Å². The molecule has 1 saturated heterocycles. The molecule has 1 aliphatic heterocycles. The van der Waals surface area contributed by atoms with Crippen LogP contribution in [0.25, 0.3) is 0 Å². The number of hydrogen-bond acceptors (Lipinski definition) is 3. The zero-order valence-electron chi connectivity index (χ0n) is 12.7. The summed E-state index contributed by atoms with van der Waals surface area (Å²) in [6.07, 6.45) is 1.66. The number of carbonyl (C=O) groups excluding carboxylic acids is 2. The molecule has 0 spiro atoms. The molecule has 1 N–H and O–H groups in total. The van der Waals surface area contributed by atoms with Crippen molar-refractivity contribution in [2.75, 3.05) is 19.6 Å². The van der Waals surface area contributed by atoms with E-state index in [0.29, 0.717) is 26.2 Å². The first-order chi connectivity index (χ1) is 10.2. The molecule has 6 heteroatoms. The molecule has 116 valence electrons. The highest BCUT2D eigenvalue weighted by Crippen LogP contribution is 2.19.